The van der Waals surface area contributed by atoms with Gasteiger partial charge in [-0.3, -0.25) is 0 Å². The van der Waals surface area contributed by atoms with Crippen LogP contribution in [0.25, 0.3) is 0 Å². The van der Waals surface area contributed by atoms with Gasteiger partial charge in [-0.05, 0) is 50.6 Å². The van der Waals surface area contributed by atoms with E-state index >= 15 is 0 Å². The Kier molecular flexibility index (Phi) is 6.41. The van der Waals surface area contributed by atoms with Gasteiger partial charge in [-0.15, -0.1) is 0 Å². The van der Waals surface area contributed by atoms with Crippen LogP contribution in [-0.4, -0.2) is 13.1 Å². The summed E-state index contributed by atoms with van der Waals surface area (Å²) in [5.74, 6) is 2.16. The molecule has 17 heavy (non-hydrogen) atoms. The Morgan fingerprint density at radius 3 is 1.47 bits per heavy atom. The summed E-state index contributed by atoms with van der Waals surface area (Å²) in [4.78, 5) is 0. The Bertz CT molecular complexity index is 158. The van der Waals surface area contributed by atoms with Crippen molar-refractivity contribution in [2.45, 2.75) is 77.0 Å². The molecule has 0 unspecified atom stereocenters. The molecule has 0 spiro atoms. The monoisotopic (exact) mass is 237 g/mol. The second-order valence-corrected chi connectivity index (χ2v) is 6.34. The third-order valence-corrected chi connectivity index (χ3v) is 4.88. The van der Waals surface area contributed by atoms with Gasteiger partial charge in [-0.25, -0.2) is 0 Å². The summed E-state index contributed by atoms with van der Waals surface area (Å²) < 4.78 is 0. The fourth-order valence-electron chi connectivity index (χ4n) is 3.75. The lowest BCUT2D eigenvalue weighted by atomic mass is 10.0. The average Bonchev–Trinajstić information content (AvgIpc) is 3.00. The van der Waals surface area contributed by atoms with E-state index in [1.165, 1.54) is 90.1 Å². The van der Waals surface area contributed by atoms with E-state index in [9.17, 15) is 0 Å². The molecule has 1 nitrogen and oxygen atoms in total. The van der Waals surface area contributed by atoms with Crippen LogP contribution >= 0.6 is 0 Å². The third kappa shape index (κ3) is 5.42. The van der Waals surface area contributed by atoms with Crippen LogP contribution in [0.4, 0.5) is 0 Å². The van der Waals surface area contributed by atoms with Crippen LogP contribution in [0.2, 0.25) is 0 Å². The van der Waals surface area contributed by atoms with Gasteiger partial charge in [0.25, 0.3) is 0 Å². The van der Waals surface area contributed by atoms with Crippen molar-refractivity contribution in [3.05, 3.63) is 0 Å². The van der Waals surface area contributed by atoms with Crippen molar-refractivity contribution in [3.63, 3.8) is 0 Å². The van der Waals surface area contributed by atoms with Gasteiger partial charge < -0.3 is 5.32 Å². The van der Waals surface area contributed by atoms with Crippen LogP contribution in [0.15, 0.2) is 0 Å². The molecule has 0 atom stereocenters. The molecule has 100 valence electrons. The Morgan fingerprint density at radius 1 is 0.647 bits per heavy atom. The molecule has 0 aromatic carbocycles. The Balaban J connectivity index is 1.33. The molecule has 0 radical (unpaired) electrons. The van der Waals surface area contributed by atoms with E-state index < -0.39 is 0 Å². The second kappa shape index (κ2) is 8.13. The first kappa shape index (κ1) is 13.4. The van der Waals surface area contributed by atoms with E-state index in [0.717, 1.165) is 11.8 Å². The van der Waals surface area contributed by atoms with Crippen molar-refractivity contribution in [3.8, 4) is 0 Å². The van der Waals surface area contributed by atoms with Gasteiger partial charge in [-0.2, -0.15) is 0 Å². The van der Waals surface area contributed by atoms with E-state index in [4.69, 9.17) is 0 Å². The summed E-state index contributed by atoms with van der Waals surface area (Å²) >= 11 is 0. The molecule has 1 N–H and O–H groups in total. The lowest BCUT2D eigenvalue weighted by Gasteiger charge is -2.10. The highest BCUT2D eigenvalue weighted by Crippen LogP contribution is 2.29. The van der Waals surface area contributed by atoms with Crippen LogP contribution in [0.1, 0.15) is 77.0 Å². The maximum Gasteiger partial charge on any atom is -0.00488 e. The Labute approximate surface area is 108 Å². The van der Waals surface area contributed by atoms with Crippen molar-refractivity contribution in [2.75, 3.05) is 13.1 Å². The SMILES string of the molecule is C1CCC(CCCNCCCC2CCCC2)C1. The number of rotatable bonds is 8. The molecule has 0 bridgehead atoms. The summed E-state index contributed by atoms with van der Waals surface area (Å²) in [7, 11) is 0. The van der Waals surface area contributed by atoms with Gasteiger partial charge >= 0.3 is 0 Å². The molecule has 0 aromatic heterocycles. The van der Waals surface area contributed by atoms with Crippen molar-refractivity contribution in [1.29, 1.82) is 0 Å². The molecule has 0 aliphatic heterocycles. The molecule has 0 aromatic rings. The quantitative estimate of drug-likeness (QED) is 0.612. The normalized spacial score (nSPS) is 22.6. The van der Waals surface area contributed by atoms with Crippen LogP contribution in [0, 0.1) is 11.8 Å². The summed E-state index contributed by atoms with van der Waals surface area (Å²) in [6.07, 6.45) is 17.8. The topological polar surface area (TPSA) is 12.0 Å². The first-order valence-corrected chi connectivity index (χ1v) is 8.16. The summed E-state index contributed by atoms with van der Waals surface area (Å²) in [6.45, 7) is 2.53. The molecule has 2 rings (SSSR count). The van der Waals surface area contributed by atoms with Crippen molar-refractivity contribution in [2.24, 2.45) is 11.8 Å². The van der Waals surface area contributed by atoms with Crippen LogP contribution < -0.4 is 5.32 Å². The predicted molar refractivity (Wildman–Crippen MR) is 75.3 cm³/mol. The van der Waals surface area contributed by atoms with Gasteiger partial charge in [0.15, 0.2) is 0 Å². The van der Waals surface area contributed by atoms with Gasteiger partial charge in [-0.1, -0.05) is 51.4 Å². The zero-order valence-electron chi connectivity index (χ0n) is 11.6. The minimum Gasteiger partial charge on any atom is -0.317 e. The van der Waals surface area contributed by atoms with Crippen LogP contribution in [0.5, 0.6) is 0 Å². The standard InChI is InChI=1S/C16H31N/c1-2-8-15(7-1)11-5-13-17-14-6-12-16-9-3-4-10-16/h15-17H,1-14H2. The van der Waals surface area contributed by atoms with E-state index in [1.807, 2.05) is 0 Å². The maximum absolute atomic E-state index is 3.63. The molecule has 1 heteroatoms. The molecule has 0 saturated heterocycles. The molecule has 2 aliphatic rings. The van der Waals surface area contributed by atoms with E-state index in [1.54, 1.807) is 0 Å². The lowest BCUT2D eigenvalue weighted by molar-refractivity contribution is 0.449. The lowest BCUT2D eigenvalue weighted by Crippen LogP contribution is -2.18. The summed E-state index contributed by atoms with van der Waals surface area (Å²) in [5, 5.41) is 3.63. The minimum atomic E-state index is 1.08. The van der Waals surface area contributed by atoms with Crippen molar-refractivity contribution < 1.29 is 0 Å². The van der Waals surface area contributed by atoms with Crippen molar-refractivity contribution in [1.82, 2.24) is 5.32 Å². The minimum absolute atomic E-state index is 1.08. The number of nitrogens with one attached hydrogen (secondary N) is 1. The molecule has 0 amide bonds. The van der Waals surface area contributed by atoms with Crippen LogP contribution in [0.3, 0.4) is 0 Å². The van der Waals surface area contributed by atoms with Gasteiger partial charge in [0.05, 0.1) is 0 Å². The Hall–Kier alpha value is -0.0400. The number of hydrogen-bond donors (Lipinski definition) is 1. The fraction of sp³-hybridized carbons (Fsp3) is 1.00. The predicted octanol–water partition coefficient (Wildman–Crippen LogP) is 4.52. The molecule has 2 aliphatic carbocycles. The molecular formula is C16H31N. The summed E-state index contributed by atoms with van der Waals surface area (Å²) in [5.41, 5.74) is 0. The van der Waals surface area contributed by atoms with Crippen molar-refractivity contribution >= 4 is 0 Å². The average molecular weight is 237 g/mol. The highest BCUT2D eigenvalue weighted by atomic mass is 14.8. The smallest absolute Gasteiger partial charge is 0.00488 e. The van der Waals surface area contributed by atoms with E-state index in [2.05, 4.69) is 5.32 Å². The first-order chi connectivity index (χ1) is 8.45. The molecule has 2 saturated carbocycles. The first-order valence-electron chi connectivity index (χ1n) is 8.16. The van der Waals surface area contributed by atoms with Gasteiger partial charge in [0.1, 0.15) is 0 Å². The largest absolute Gasteiger partial charge is 0.317 e. The highest BCUT2D eigenvalue weighted by Gasteiger charge is 2.14. The van der Waals surface area contributed by atoms with Crippen LogP contribution in [-0.2, 0) is 0 Å². The second-order valence-electron chi connectivity index (χ2n) is 6.34. The zero-order valence-corrected chi connectivity index (χ0v) is 11.6. The molecular weight excluding hydrogens is 206 g/mol. The fourth-order valence-corrected chi connectivity index (χ4v) is 3.75. The number of hydrogen-bond acceptors (Lipinski definition) is 1. The van der Waals surface area contributed by atoms with Gasteiger partial charge in [0.2, 0.25) is 0 Å². The Morgan fingerprint density at radius 2 is 1.06 bits per heavy atom. The molecule has 0 heterocycles. The highest BCUT2D eigenvalue weighted by molar-refractivity contribution is 4.69. The van der Waals surface area contributed by atoms with E-state index in [-0.39, 0.29) is 0 Å². The zero-order chi connectivity index (χ0) is 11.8. The summed E-state index contributed by atoms with van der Waals surface area (Å²) in [6, 6.07) is 0. The molecule has 2 fully saturated rings. The maximum atomic E-state index is 3.63. The van der Waals surface area contributed by atoms with E-state index in [0.29, 0.717) is 0 Å². The third-order valence-electron chi connectivity index (χ3n) is 4.88. The van der Waals surface area contributed by atoms with Gasteiger partial charge in [0, 0.05) is 0 Å².